The lowest BCUT2D eigenvalue weighted by atomic mass is 10.0. The lowest BCUT2D eigenvalue weighted by Crippen LogP contribution is -2.50. The lowest BCUT2D eigenvalue weighted by molar-refractivity contribution is -0.0746. The third-order valence-electron chi connectivity index (χ3n) is 3.94. The molecule has 3 rings (SSSR count). The number of nitrogens with one attached hydrogen (secondary N) is 1. The van der Waals surface area contributed by atoms with Crippen molar-refractivity contribution < 1.29 is 4.74 Å². The van der Waals surface area contributed by atoms with Gasteiger partial charge in [-0.25, -0.2) is 0 Å². The molecule has 0 aliphatic carbocycles. The molecule has 0 spiro atoms. The van der Waals surface area contributed by atoms with Gasteiger partial charge in [0.2, 0.25) is 0 Å². The minimum atomic E-state index is 0.408. The molecule has 18 heavy (non-hydrogen) atoms. The lowest BCUT2D eigenvalue weighted by Gasteiger charge is -2.40. The predicted octanol–water partition coefficient (Wildman–Crippen LogP) is 1.03. The quantitative estimate of drug-likeness (QED) is 0.847. The molecule has 2 fully saturated rings. The average Bonchev–Trinajstić information content (AvgIpc) is 2.66. The largest absolute Gasteiger partial charge is 0.375 e. The van der Waals surface area contributed by atoms with E-state index in [4.69, 9.17) is 4.74 Å². The first-order chi connectivity index (χ1) is 8.93. The second kappa shape index (κ2) is 5.78. The highest BCUT2D eigenvalue weighted by molar-refractivity contribution is 5.09. The van der Waals surface area contributed by atoms with E-state index >= 15 is 0 Å². The van der Waals surface area contributed by atoms with Gasteiger partial charge in [0.1, 0.15) is 0 Å². The molecule has 2 saturated heterocycles. The van der Waals surface area contributed by atoms with Crippen molar-refractivity contribution in [2.75, 3.05) is 26.2 Å². The molecule has 1 aromatic heterocycles. The van der Waals surface area contributed by atoms with Crippen LogP contribution in [0, 0.1) is 0 Å². The van der Waals surface area contributed by atoms with Crippen LogP contribution in [-0.4, -0.2) is 48.3 Å². The Bertz CT molecular complexity index is 371. The van der Waals surface area contributed by atoms with Crippen LogP contribution in [-0.2, 0) is 11.3 Å². The fourth-order valence-corrected chi connectivity index (χ4v) is 3.02. The monoisotopic (exact) mass is 247 g/mol. The summed E-state index contributed by atoms with van der Waals surface area (Å²) in [5.41, 5.74) is 1.30. The fourth-order valence-electron chi connectivity index (χ4n) is 3.02. The second-order valence-electron chi connectivity index (χ2n) is 5.14. The van der Waals surface area contributed by atoms with Crippen molar-refractivity contribution in [3.05, 3.63) is 30.1 Å². The van der Waals surface area contributed by atoms with Crippen LogP contribution in [0.1, 0.15) is 18.4 Å². The standard InChI is InChI=1S/C14H21N3O/c1-2-12(10-16-5-1)11-17-8-9-18-14-4-7-15-6-3-13(14)17/h1-2,5,10,13-15H,3-4,6-9,11H2. The van der Waals surface area contributed by atoms with Gasteiger partial charge in [0.25, 0.3) is 0 Å². The van der Waals surface area contributed by atoms with Gasteiger partial charge >= 0.3 is 0 Å². The van der Waals surface area contributed by atoms with Gasteiger partial charge in [-0.3, -0.25) is 9.88 Å². The summed E-state index contributed by atoms with van der Waals surface area (Å²) >= 11 is 0. The zero-order valence-electron chi connectivity index (χ0n) is 10.7. The van der Waals surface area contributed by atoms with Crippen LogP contribution in [0.4, 0.5) is 0 Å². The van der Waals surface area contributed by atoms with Crippen LogP contribution < -0.4 is 5.32 Å². The van der Waals surface area contributed by atoms with Gasteiger partial charge in [0, 0.05) is 31.5 Å². The van der Waals surface area contributed by atoms with E-state index in [1.165, 1.54) is 12.0 Å². The predicted molar refractivity (Wildman–Crippen MR) is 70.3 cm³/mol. The van der Waals surface area contributed by atoms with Gasteiger partial charge in [-0.15, -0.1) is 0 Å². The molecular formula is C14H21N3O. The average molecular weight is 247 g/mol. The van der Waals surface area contributed by atoms with Crippen LogP contribution in [0.25, 0.3) is 0 Å². The zero-order valence-corrected chi connectivity index (χ0v) is 10.7. The van der Waals surface area contributed by atoms with E-state index in [0.29, 0.717) is 12.1 Å². The van der Waals surface area contributed by atoms with Gasteiger partial charge < -0.3 is 10.1 Å². The van der Waals surface area contributed by atoms with Gasteiger partial charge in [-0.2, -0.15) is 0 Å². The molecule has 0 aromatic carbocycles. The Balaban J connectivity index is 1.70. The Morgan fingerprint density at radius 2 is 2.33 bits per heavy atom. The molecular weight excluding hydrogens is 226 g/mol. The van der Waals surface area contributed by atoms with Crippen LogP contribution >= 0.6 is 0 Å². The Kier molecular flexibility index (Phi) is 3.88. The summed E-state index contributed by atoms with van der Waals surface area (Å²) in [6, 6.07) is 4.74. The fraction of sp³-hybridized carbons (Fsp3) is 0.643. The van der Waals surface area contributed by atoms with E-state index in [1.807, 2.05) is 18.5 Å². The van der Waals surface area contributed by atoms with Crippen molar-refractivity contribution in [1.82, 2.24) is 15.2 Å². The summed E-state index contributed by atoms with van der Waals surface area (Å²) in [5.74, 6) is 0. The number of hydrogen-bond donors (Lipinski definition) is 1. The second-order valence-corrected chi connectivity index (χ2v) is 5.14. The molecule has 4 nitrogen and oxygen atoms in total. The van der Waals surface area contributed by atoms with E-state index in [9.17, 15) is 0 Å². The molecule has 2 aliphatic heterocycles. The van der Waals surface area contributed by atoms with Crippen LogP contribution in [0.2, 0.25) is 0 Å². The van der Waals surface area contributed by atoms with E-state index in [-0.39, 0.29) is 0 Å². The first-order valence-electron chi connectivity index (χ1n) is 6.89. The van der Waals surface area contributed by atoms with E-state index in [1.54, 1.807) is 0 Å². The minimum absolute atomic E-state index is 0.408. The normalized spacial score (nSPS) is 29.6. The summed E-state index contributed by atoms with van der Waals surface area (Å²) in [7, 11) is 0. The third kappa shape index (κ3) is 2.71. The first kappa shape index (κ1) is 12.1. The summed E-state index contributed by atoms with van der Waals surface area (Å²) in [5, 5.41) is 3.47. The Morgan fingerprint density at radius 3 is 3.22 bits per heavy atom. The molecule has 2 atom stereocenters. The van der Waals surface area contributed by atoms with Crippen molar-refractivity contribution in [3.8, 4) is 0 Å². The van der Waals surface area contributed by atoms with Crippen LogP contribution in [0.15, 0.2) is 24.5 Å². The van der Waals surface area contributed by atoms with Crippen molar-refractivity contribution in [3.63, 3.8) is 0 Å². The summed E-state index contributed by atoms with van der Waals surface area (Å²) < 4.78 is 5.93. The van der Waals surface area contributed by atoms with Crippen molar-refractivity contribution in [2.45, 2.75) is 31.5 Å². The van der Waals surface area contributed by atoms with Crippen molar-refractivity contribution >= 4 is 0 Å². The number of ether oxygens (including phenoxy) is 1. The summed E-state index contributed by atoms with van der Waals surface area (Å²) in [6.07, 6.45) is 6.53. The smallest absolute Gasteiger partial charge is 0.0743 e. The summed E-state index contributed by atoms with van der Waals surface area (Å²) in [4.78, 5) is 6.77. The zero-order chi connectivity index (χ0) is 12.2. The number of pyridine rings is 1. The molecule has 0 radical (unpaired) electrons. The summed E-state index contributed by atoms with van der Waals surface area (Å²) in [6.45, 7) is 5.09. The number of rotatable bonds is 2. The van der Waals surface area contributed by atoms with Gasteiger partial charge in [0.05, 0.1) is 12.7 Å². The third-order valence-corrected chi connectivity index (χ3v) is 3.94. The maximum atomic E-state index is 5.93. The van der Waals surface area contributed by atoms with Gasteiger partial charge in [0.15, 0.2) is 0 Å². The number of hydrogen-bond acceptors (Lipinski definition) is 4. The van der Waals surface area contributed by atoms with Crippen LogP contribution in [0.3, 0.4) is 0 Å². The molecule has 98 valence electrons. The topological polar surface area (TPSA) is 37.4 Å². The molecule has 4 heteroatoms. The Hall–Kier alpha value is -0.970. The van der Waals surface area contributed by atoms with E-state index in [2.05, 4.69) is 21.3 Å². The molecule has 1 N–H and O–H groups in total. The highest BCUT2D eigenvalue weighted by Crippen LogP contribution is 2.22. The maximum Gasteiger partial charge on any atom is 0.0743 e. The highest BCUT2D eigenvalue weighted by atomic mass is 16.5. The van der Waals surface area contributed by atoms with Gasteiger partial charge in [-0.05, 0) is 37.6 Å². The molecule has 2 aliphatic rings. The van der Waals surface area contributed by atoms with Crippen LogP contribution in [0.5, 0.6) is 0 Å². The molecule has 2 unspecified atom stereocenters. The highest BCUT2D eigenvalue weighted by Gasteiger charge is 2.32. The molecule has 3 heterocycles. The van der Waals surface area contributed by atoms with Gasteiger partial charge in [-0.1, -0.05) is 6.07 Å². The molecule has 0 amide bonds. The first-order valence-corrected chi connectivity index (χ1v) is 6.89. The molecule has 1 aromatic rings. The Morgan fingerprint density at radius 1 is 1.39 bits per heavy atom. The minimum Gasteiger partial charge on any atom is -0.375 e. The van der Waals surface area contributed by atoms with E-state index < -0.39 is 0 Å². The number of morpholine rings is 1. The maximum absolute atomic E-state index is 5.93. The van der Waals surface area contributed by atoms with Crippen molar-refractivity contribution in [1.29, 1.82) is 0 Å². The number of nitrogens with zero attached hydrogens (tertiary/aromatic N) is 2. The Labute approximate surface area is 108 Å². The number of aromatic nitrogens is 1. The SMILES string of the molecule is c1cncc(CN2CCOC3CCNCCC32)c1. The van der Waals surface area contributed by atoms with E-state index in [0.717, 1.165) is 39.2 Å². The van der Waals surface area contributed by atoms with Crippen molar-refractivity contribution in [2.24, 2.45) is 0 Å². The molecule has 0 bridgehead atoms. The number of fused-ring (bicyclic) bond motifs is 1. The molecule has 0 saturated carbocycles.